The fourth-order valence-corrected chi connectivity index (χ4v) is 3.51. The maximum atomic E-state index is 12.9. The van der Waals surface area contributed by atoms with Gasteiger partial charge < -0.3 is 15.2 Å². The van der Waals surface area contributed by atoms with Crippen molar-refractivity contribution in [3.63, 3.8) is 0 Å². The number of para-hydroxylation sites is 1. The van der Waals surface area contributed by atoms with Crippen LogP contribution in [0.1, 0.15) is 12.5 Å². The Morgan fingerprint density at radius 1 is 1.19 bits per heavy atom. The second-order valence-electron chi connectivity index (χ2n) is 6.37. The van der Waals surface area contributed by atoms with Crippen LogP contribution in [0.25, 0.3) is 0 Å². The number of aliphatic hydroxyl groups excluding tert-OH is 1. The lowest BCUT2D eigenvalue weighted by Gasteiger charge is -2.24. The average molecular weight is 409 g/mol. The van der Waals surface area contributed by atoms with Crippen molar-refractivity contribution in [2.24, 2.45) is 0 Å². The van der Waals surface area contributed by atoms with Crippen LogP contribution in [0.4, 0.5) is 4.79 Å². The lowest BCUT2D eigenvalue weighted by Crippen LogP contribution is -2.43. The van der Waals surface area contributed by atoms with Gasteiger partial charge in [-0.25, -0.2) is 4.79 Å². The molecule has 27 heavy (non-hydrogen) atoms. The summed E-state index contributed by atoms with van der Waals surface area (Å²) in [7, 11) is 0. The van der Waals surface area contributed by atoms with E-state index < -0.39 is 23.6 Å². The molecule has 1 fully saturated rings. The van der Waals surface area contributed by atoms with Gasteiger partial charge in [0.25, 0.3) is 5.91 Å². The number of hydrogen-bond donors (Lipinski definition) is 2. The number of halogens is 2. The highest BCUT2D eigenvalue weighted by Gasteiger charge is 2.50. The molecular weight excluding hydrogens is 391 g/mol. The van der Waals surface area contributed by atoms with Crippen LogP contribution in [0.3, 0.4) is 0 Å². The number of ether oxygens (including phenoxy) is 1. The second-order valence-corrected chi connectivity index (χ2v) is 7.22. The molecule has 0 radical (unpaired) electrons. The quantitative estimate of drug-likeness (QED) is 0.719. The van der Waals surface area contributed by atoms with Crippen LogP contribution in [-0.2, 0) is 10.3 Å². The minimum atomic E-state index is -1.33. The van der Waals surface area contributed by atoms with Crippen LogP contribution in [0.5, 0.6) is 5.75 Å². The highest BCUT2D eigenvalue weighted by atomic mass is 35.5. The second kappa shape index (κ2) is 7.76. The van der Waals surface area contributed by atoms with Crippen molar-refractivity contribution in [1.82, 2.24) is 10.2 Å². The molecule has 1 aliphatic rings. The predicted molar refractivity (Wildman–Crippen MR) is 102 cm³/mol. The van der Waals surface area contributed by atoms with Gasteiger partial charge in [0.15, 0.2) is 0 Å². The maximum absolute atomic E-state index is 12.9. The zero-order chi connectivity index (χ0) is 19.6. The van der Waals surface area contributed by atoms with Gasteiger partial charge in [-0.15, -0.1) is 0 Å². The average Bonchev–Trinajstić information content (AvgIpc) is 2.84. The molecule has 0 unspecified atom stereocenters. The standard InChI is InChI=1S/C19H18Cl2N2O4/c1-19(15-8-7-12(20)9-16(15)21)17(25)23(18(26)22-19)10-13(24)11-27-14-5-3-2-4-6-14/h2-9,13,24H,10-11H2,1H3,(H,22,26)/t13-,19+/m0/s1. The molecule has 0 bridgehead atoms. The fourth-order valence-electron chi connectivity index (χ4n) is 2.91. The number of rotatable bonds is 6. The summed E-state index contributed by atoms with van der Waals surface area (Å²) >= 11 is 12.1. The van der Waals surface area contributed by atoms with Gasteiger partial charge in [-0.3, -0.25) is 9.69 Å². The van der Waals surface area contributed by atoms with Crippen LogP contribution in [0.15, 0.2) is 48.5 Å². The molecule has 0 saturated carbocycles. The van der Waals surface area contributed by atoms with E-state index in [4.69, 9.17) is 27.9 Å². The smallest absolute Gasteiger partial charge is 0.325 e. The molecule has 0 aromatic heterocycles. The number of β-amino-alcohol motifs (C(OH)–C–C–N with tert-alkyl or cyclic N) is 1. The van der Waals surface area contributed by atoms with E-state index in [9.17, 15) is 14.7 Å². The Morgan fingerprint density at radius 3 is 2.56 bits per heavy atom. The molecule has 0 aliphatic carbocycles. The molecular formula is C19H18Cl2N2O4. The van der Waals surface area contributed by atoms with E-state index in [0.717, 1.165) is 4.90 Å². The summed E-state index contributed by atoms with van der Waals surface area (Å²) in [6, 6.07) is 13.1. The molecule has 2 aromatic carbocycles. The van der Waals surface area contributed by atoms with E-state index in [-0.39, 0.29) is 18.2 Å². The number of aliphatic hydroxyl groups is 1. The Kier molecular flexibility index (Phi) is 5.60. The van der Waals surface area contributed by atoms with Crippen LogP contribution in [0.2, 0.25) is 10.0 Å². The largest absolute Gasteiger partial charge is 0.491 e. The van der Waals surface area contributed by atoms with Gasteiger partial charge in [-0.1, -0.05) is 47.5 Å². The van der Waals surface area contributed by atoms with E-state index in [1.54, 1.807) is 43.3 Å². The molecule has 6 nitrogen and oxygen atoms in total. The number of carbonyl (C=O) groups is 2. The lowest BCUT2D eigenvalue weighted by molar-refractivity contribution is -0.132. The molecule has 1 aliphatic heterocycles. The molecule has 2 atom stereocenters. The number of carbonyl (C=O) groups excluding carboxylic acids is 2. The molecule has 8 heteroatoms. The number of urea groups is 1. The first-order valence-corrected chi connectivity index (χ1v) is 9.02. The normalized spacial score (nSPS) is 20.5. The zero-order valence-corrected chi connectivity index (χ0v) is 16.0. The van der Waals surface area contributed by atoms with Gasteiger partial charge >= 0.3 is 6.03 Å². The maximum Gasteiger partial charge on any atom is 0.325 e. The Bertz CT molecular complexity index is 862. The summed E-state index contributed by atoms with van der Waals surface area (Å²) in [5, 5.41) is 13.5. The van der Waals surface area contributed by atoms with E-state index in [1.807, 2.05) is 6.07 Å². The Hall–Kier alpha value is -2.28. The molecule has 2 N–H and O–H groups in total. The van der Waals surface area contributed by atoms with Gasteiger partial charge in [0.2, 0.25) is 0 Å². The summed E-state index contributed by atoms with van der Waals surface area (Å²) in [5.41, 5.74) is -0.900. The topological polar surface area (TPSA) is 78.9 Å². The van der Waals surface area contributed by atoms with Crippen molar-refractivity contribution in [3.05, 3.63) is 64.1 Å². The summed E-state index contributed by atoms with van der Waals surface area (Å²) in [6.07, 6.45) is -1.04. The highest BCUT2D eigenvalue weighted by Crippen LogP contribution is 2.35. The molecule has 1 saturated heterocycles. The van der Waals surface area contributed by atoms with Gasteiger partial charge in [0, 0.05) is 15.6 Å². The minimum Gasteiger partial charge on any atom is -0.491 e. The number of nitrogens with one attached hydrogen (secondary N) is 1. The molecule has 3 rings (SSSR count). The zero-order valence-electron chi connectivity index (χ0n) is 14.5. The highest BCUT2D eigenvalue weighted by molar-refractivity contribution is 6.35. The number of amides is 3. The summed E-state index contributed by atoms with van der Waals surface area (Å²) in [5.74, 6) is 0.0852. The van der Waals surface area contributed by atoms with Gasteiger partial charge in [-0.2, -0.15) is 0 Å². The van der Waals surface area contributed by atoms with Crippen LogP contribution >= 0.6 is 23.2 Å². The van der Waals surface area contributed by atoms with Crippen molar-refractivity contribution in [3.8, 4) is 5.75 Å². The summed E-state index contributed by atoms with van der Waals surface area (Å²) in [6.45, 7) is 1.31. The molecule has 2 aromatic rings. The van der Waals surface area contributed by atoms with E-state index in [1.165, 1.54) is 6.07 Å². The van der Waals surface area contributed by atoms with Crippen molar-refractivity contribution < 1.29 is 19.4 Å². The number of imide groups is 1. The number of benzene rings is 2. The third-order valence-electron chi connectivity index (χ3n) is 4.32. The van der Waals surface area contributed by atoms with Gasteiger partial charge in [0.1, 0.15) is 24.0 Å². The van der Waals surface area contributed by atoms with E-state index in [2.05, 4.69) is 5.32 Å². The number of hydrogen-bond acceptors (Lipinski definition) is 4. The summed E-state index contributed by atoms with van der Waals surface area (Å²) in [4.78, 5) is 26.2. The third kappa shape index (κ3) is 4.03. The van der Waals surface area contributed by atoms with Crippen LogP contribution in [0, 0.1) is 0 Å². The van der Waals surface area contributed by atoms with E-state index in [0.29, 0.717) is 16.3 Å². The van der Waals surface area contributed by atoms with Crippen molar-refractivity contribution in [2.75, 3.05) is 13.2 Å². The van der Waals surface area contributed by atoms with Crippen molar-refractivity contribution >= 4 is 35.1 Å². The van der Waals surface area contributed by atoms with Crippen LogP contribution in [-0.4, -0.2) is 41.2 Å². The minimum absolute atomic E-state index is 0.0561. The first kappa shape index (κ1) is 19.5. The molecule has 3 amide bonds. The first-order valence-electron chi connectivity index (χ1n) is 8.27. The SMILES string of the molecule is C[C@]1(c2ccc(Cl)cc2Cl)NC(=O)N(C[C@H](O)COc2ccccc2)C1=O. The monoisotopic (exact) mass is 408 g/mol. The lowest BCUT2D eigenvalue weighted by atomic mass is 9.92. The molecule has 0 spiro atoms. The Balaban J connectivity index is 1.70. The third-order valence-corrected chi connectivity index (χ3v) is 4.87. The van der Waals surface area contributed by atoms with Crippen molar-refractivity contribution in [2.45, 2.75) is 18.6 Å². The Morgan fingerprint density at radius 2 is 1.89 bits per heavy atom. The summed E-state index contributed by atoms with van der Waals surface area (Å²) < 4.78 is 5.46. The predicted octanol–water partition coefficient (Wildman–Crippen LogP) is 3.20. The molecule has 1 heterocycles. The Labute approximate surface area is 166 Å². The first-order chi connectivity index (χ1) is 12.8. The fraction of sp³-hybridized carbons (Fsp3) is 0.263. The number of nitrogens with zero attached hydrogens (tertiary/aromatic N) is 1. The van der Waals surface area contributed by atoms with Crippen LogP contribution < -0.4 is 10.1 Å². The molecule has 142 valence electrons. The van der Waals surface area contributed by atoms with Gasteiger partial charge in [-0.05, 0) is 31.2 Å². The van der Waals surface area contributed by atoms with E-state index >= 15 is 0 Å². The van der Waals surface area contributed by atoms with Gasteiger partial charge in [0.05, 0.1) is 6.54 Å². The van der Waals surface area contributed by atoms with Crippen molar-refractivity contribution in [1.29, 1.82) is 0 Å².